The number of nitrogens with one attached hydrogen (secondary N) is 3. The van der Waals surface area contributed by atoms with Gasteiger partial charge in [0.1, 0.15) is 11.5 Å². The van der Waals surface area contributed by atoms with E-state index in [9.17, 15) is 73.9 Å². The first-order chi connectivity index (χ1) is 34.2. The number of carboxylic acid groups (broad SMARTS) is 3. The fourth-order valence-electron chi connectivity index (χ4n) is 6.22. The Labute approximate surface area is 404 Å². The molecule has 6 aromatic rings. The van der Waals surface area contributed by atoms with Gasteiger partial charge in [0.05, 0.1) is 62.8 Å². The second-order valence-corrected chi connectivity index (χ2v) is 14.4. The summed E-state index contributed by atoms with van der Waals surface area (Å²) in [6, 6.07) is 25.2. The molecule has 0 saturated heterocycles. The number of carbonyl (C=O) groups is 8. The molecular formula is C48H37N5O19. The minimum atomic E-state index is -1.48. The minimum absolute atomic E-state index is 0.00196. The summed E-state index contributed by atoms with van der Waals surface area (Å²) in [6.45, 7) is 2.91. The van der Waals surface area contributed by atoms with Crippen LogP contribution in [0.25, 0.3) is 0 Å². The van der Waals surface area contributed by atoms with E-state index in [4.69, 9.17) is 18.9 Å². The molecule has 6 rings (SSSR count). The Hall–Kier alpha value is -10.5. The van der Waals surface area contributed by atoms with Crippen LogP contribution < -0.4 is 25.4 Å². The van der Waals surface area contributed by atoms with E-state index >= 15 is 0 Å². The third-order valence-corrected chi connectivity index (χ3v) is 9.46. The Morgan fingerprint density at radius 1 is 0.528 bits per heavy atom. The molecule has 0 aromatic heterocycles. The molecule has 0 spiro atoms. The molecule has 24 heteroatoms. The second kappa shape index (κ2) is 23.5. The molecule has 0 radical (unpaired) electrons. The number of amides is 3. The molecule has 0 aliphatic carbocycles. The maximum atomic E-state index is 12.8. The highest BCUT2D eigenvalue weighted by Gasteiger charge is 2.23. The molecule has 0 aliphatic rings. The van der Waals surface area contributed by atoms with Crippen molar-refractivity contribution in [1.29, 1.82) is 0 Å². The molecule has 3 amide bonds. The standard InChI is InChI=1S/C25H20N2O10.C23H17N3O9/c1-3-36-25(32)18-9-8-17(13-19(18)23(29)30)37-21-10-7-15(24(31)35-2)12-20(21)26-22(28)14-5-4-6-16(11-14)27(33)34;1-12(27)24-14-5-8-20(35-16-6-7-17(22(29)30)18(11-16)23(31)32)19(10-14)25-21(28)13-3-2-4-15(9-13)26(33)34/h4-13H,3H2,1-2H3,(H,26,28)(H,29,30);2-11H,1H3,(H,24,27)(H,25,28)(H,29,30)(H,31,32). The quantitative estimate of drug-likeness (QED) is 0.0284. The summed E-state index contributed by atoms with van der Waals surface area (Å²) in [5.41, 5.74) is -1.73. The average Bonchev–Trinajstić information content (AvgIpc) is 3.34. The summed E-state index contributed by atoms with van der Waals surface area (Å²) >= 11 is 0. The van der Waals surface area contributed by atoms with E-state index in [2.05, 4.69) is 16.0 Å². The van der Waals surface area contributed by atoms with Gasteiger partial charge in [-0.05, 0) is 91.9 Å². The van der Waals surface area contributed by atoms with Crippen molar-refractivity contribution in [3.05, 3.63) is 181 Å². The van der Waals surface area contributed by atoms with Gasteiger partial charge in [-0.2, -0.15) is 0 Å². The van der Waals surface area contributed by atoms with Gasteiger partial charge >= 0.3 is 29.8 Å². The summed E-state index contributed by atoms with van der Waals surface area (Å²) in [7, 11) is 1.17. The molecule has 0 bridgehead atoms. The number of nitro benzene ring substituents is 2. The number of ether oxygens (including phenoxy) is 4. The maximum absolute atomic E-state index is 12.8. The molecule has 0 atom stereocenters. The van der Waals surface area contributed by atoms with Crippen LogP contribution in [0.15, 0.2) is 121 Å². The van der Waals surface area contributed by atoms with E-state index in [1.54, 1.807) is 6.92 Å². The van der Waals surface area contributed by atoms with Crippen LogP contribution in [0.1, 0.15) is 86.4 Å². The summed E-state index contributed by atoms with van der Waals surface area (Å²) in [5.74, 6) is -7.67. The Kier molecular flexibility index (Phi) is 17.1. The largest absolute Gasteiger partial charge is 0.478 e. The Bertz CT molecular complexity index is 3190. The van der Waals surface area contributed by atoms with E-state index in [1.807, 2.05) is 0 Å². The Morgan fingerprint density at radius 3 is 1.46 bits per heavy atom. The number of hydrogen-bond acceptors (Lipinski definition) is 16. The van der Waals surface area contributed by atoms with E-state index in [0.29, 0.717) is 5.69 Å². The SMILES string of the molecule is CC(=O)Nc1ccc(Oc2ccc(C(=O)O)c(C(=O)O)c2)c(NC(=O)c2cccc([N+](=O)[O-])c2)c1.CCOC(=O)c1ccc(Oc2ccc(C(=O)OC)cc2NC(=O)c2cccc([N+](=O)[O-])c2)cc1C(=O)O. The summed E-state index contributed by atoms with van der Waals surface area (Å²) in [4.78, 5) is 116. The summed E-state index contributed by atoms with van der Waals surface area (Å²) in [6.07, 6.45) is 0. The second-order valence-electron chi connectivity index (χ2n) is 14.4. The third-order valence-electron chi connectivity index (χ3n) is 9.46. The zero-order chi connectivity index (χ0) is 52.8. The zero-order valence-corrected chi connectivity index (χ0v) is 37.5. The van der Waals surface area contributed by atoms with Crippen LogP contribution in [-0.4, -0.2) is 86.5 Å². The van der Waals surface area contributed by atoms with Crippen molar-refractivity contribution in [3.63, 3.8) is 0 Å². The first-order valence-electron chi connectivity index (χ1n) is 20.5. The predicted octanol–water partition coefficient (Wildman–Crippen LogP) is 8.30. The molecule has 72 heavy (non-hydrogen) atoms. The molecule has 0 aliphatic heterocycles. The summed E-state index contributed by atoms with van der Waals surface area (Å²) in [5, 5.41) is 57.7. The lowest BCUT2D eigenvalue weighted by Gasteiger charge is -2.15. The van der Waals surface area contributed by atoms with Gasteiger partial charge in [-0.25, -0.2) is 24.0 Å². The lowest BCUT2D eigenvalue weighted by molar-refractivity contribution is -0.385. The molecule has 0 heterocycles. The molecule has 6 N–H and O–H groups in total. The zero-order valence-electron chi connectivity index (χ0n) is 37.5. The number of non-ortho nitro benzene ring substituents is 2. The van der Waals surface area contributed by atoms with Crippen LogP contribution in [0.3, 0.4) is 0 Å². The van der Waals surface area contributed by atoms with Crippen LogP contribution in [0.5, 0.6) is 23.0 Å². The van der Waals surface area contributed by atoms with Crippen molar-refractivity contribution < 1.29 is 82.5 Å². The molecule has 6 aromatic carbocycles. The monoisotopic (exact) mass is 987 g/mol. The van der Waals surface area contributed by atoms with Crippen LogP contribution in [0, 0.1) is 20.2 Å². The number of nitro groups is 2. The number of nitrogens with zero attached hydrogens (tertiary/aromatic N) is 2. The van der Waals surface area contributed by atoms with Crippen molar-refractivity contribution in [3.8, 4) is 23.0 Å². The number of aromatic carboxylic acids is 3. The Balaban J connectivity index is 0.000000268. The first-order valence-corrected chi connectivity index (χ1v) is 20.5. The Morgan fingerprint density at radius 2 is 1.00 bits per heavy atom. The van der Waals surface area contributed by atoms with Gasteiger partial charge in [0.2, 0.25) is 5.91 Å². The van der Waals surface area contributed by atoms with Gasteiger partial charge in [0, 0.05) is 48.0 Å². The van der Waals surface area contributed by atoms with Crippen molar-refractivity contribution >= 4 is 76.0 Å². The molecule has 24 nitrogen and oxygen atoms in total. The predicted molar refractivity (Wildman–Crippen MR) is 250 cm³/mol. The molecule has 0 fully saturated rings. The van der Waals surface area contributed by atoms with Gasteiger partial charge in [-0.15, -0.1) is 0 Å². The third kappa shape index (κ3) is 13.6. The fraction of sp³-hybridized carbons (Fsp3) is 0.0833. The molecule has 0 saturated carbocycles. The van der Waals surface area contributed by atoms with Crippen LogP contribution in [0.2, 0.25) is 0 Å². The van der Waals surface area contributed by atoms with Gasteiger partial charge in [-0.3, -0.25) is 34.6 Å². The topological polar surface area (TPSA) is 357 Å². The van der Waals surface area contributed by atoms with Crippen molar-refractivity contribution in [1.82, 2.24) is 0 Å². The first kappa shape index (κ1) is 52.4. The molecule has 368 valence electrons. The number of carboxylic acids is 3. The number of rotatable bonds is 17. The van der Waals surface area contributed by atoms with Crippen molar-refractivity contribution in [2.45, 2.75) is 13.8 Å². The van der Waals surface area contributed by atoms with Crippen molar-refractivity contribution in [2.24, 2.45) is 0 Å². The number of hydrogen-bond donors (Lipinski definition) is 6. The minimum Gasteiger partial charge on any atom is -0.478 e. The van der Waals surface area contributed by atoms with Crippen LogP contribution >= 0.6 is 0 Å². The lowest BCUT2D eigenvalue weighted by Crippen LogP contribution is -2.14. The fourth-order valence-corrected chi connectivity index (χ4v) is 6.22. The maximum Gasteiger partial charge on any atom is 0.339 e. The summed E-state index contributed by atoms with van der Waals surface area (Å²) < 4.78 is 21.1. The average molecular weight is 988 g/mol. The number of methoxy groups -OCH3 is 1. The van der Waals surface area contributed by atoms with Gasteiger partial charge in [0.25, 0.3) is 23.2 Å². The van der Waals surface area contributed by atoms with E-state index in [-0.39, 0.29) is 86.1 Å². The van der Waals surface area contributed by atoms with Gasteiger partial charge < -0.3 is 50.2 Å². The number of esters is 2. The van der Waals surface area contributed by atoms with Gasteiger partial charge in [-0.1, -0.05) is 12.1 Å². The van der Waals surface area contributed by atoms with Crippen LogP contribution in [0.4, 0.5) is 28.4 Å². The van der Waals surface area contributed by atoms with Crippen molar-refractivity contribution in [2.75, 3.05) is 29.7 Å². The lowest BCUT2D eigenvalue weighted by atomic mass is 10.1. The highest BCUT2D eigenvalue weighted by molar-refractivity contribution is 6.07. The number of anilines is 3. The van der Waals surface area contributed by atoms with Gasteiger partial charge in [0.15, 0.2) is 11.5 Å². The van der Waals surface area contributed by atoms with E-state index in [0.717, 1.165) is 30.3 Å². The van der Waals surface area contributed by atoms with Crippen LogP contribution in [-0.2, 0) is 14.3 Å². The smallest absolute Gasteiger partial charge is 0.339 e. The van der Waals surface area contributed by atoms with E-state index in [1.165, 1.54) is 105 Å². The highest BCUT2D eigenvalue weighted by atomic mass is 16.6. The van der Waals surface area contributed by atoms with E-state index < -0.39 is 62.6 Å². The molecule has 0 unspecified atom stereocenters. The highest BCUT2D eigenvalue weighted by Crippen LogP contribution is 2.35. The number of carbonyl (C=O) groups excluding carboxylic acids is 5. The molecular weight excluding hydrogens is 951 g/mol. The normalized spacial score (nSPS) is 10.2. The number of benzene rings is 6.